The van der Waals surface area contributed by atoms with E-state index in [-0.39, 0.29) is 5.69 Å². The number of ether oxygens (including phenoxy) is 1. The molecule has 2 N–H and O–H groups in total. The van der Waals surface area contributed by atoms with E-state index in [2.05, 4.69) is 0 Å². The van der Waals surface area contributed by atoms with Gasteiger partial charge in [0.15, 0.2) is 12.4 Å². The zero-order valence-corrected chi connectivity index (χ0v) is 9.62. The summed E-state index contributed by atoms with van der Waals surface area (Å²) in [5, 5.41) is 0. The van der Waals surface area contributed by atoms with Gasteiger partial charge in [-0.25, -0.2) is 0 Å². The minimum absolute atomic E-state index is 0.0190. The van der Waals surface area contributed by atoms with Gasteiger partial charge in [-0.15, -0.1) is 0 Å². The fourth-order valence-corrected chi connectivity index (χ4v) is 1.28. The molecule has 0 aliphatic rings. The fourth-order valence-electron chi connectivity index (χ4n) is 1.28. The molecule has 0 fully saturated rings. The van der Waals surface area contributed by atoms with E-state index in [0.717, 1.165) is 12.1 Å². The van der Waals surface area contributed by atoms with Crippen molar-refractivity contribution in [2.24, 2.45) is 0 Å². The Morgan fingerprint density at radius 3 is 2.67 bits per heavy atom. The van der Waals surface area contributed by atoms with Gasteiger partial charge in [-0.05, 0) is 31.2 Å². The lowest BCUT2D eigenvalue weighted by Crippen LogP contribution is -2.13. The summed E-state index contributed by atoms with van der Waals surface area (Å²) in [6.45, 7) is 1.18. The number of allylic oxidation sites excluding steroid dienone is 1. The Bertz CT molecular complexity index is 467. The maximum Gasteiger partial charge on any atom is 0.420 e. The Hall–Kier alpha value is -1.98. The third kappa shape index (κ3) is 3.80. The largest absolute Gasteiger partial charge is 0.485 e. The van der Waals surface area contributed by atoms with Crippen molar-refractivity contribution < 1.29 is 22.7 Å². The molecular formula is C12H12F3NO2. The zero-order valence-electron chi connectivity index (χ0n) is 9.62. The molecule has 0 amide bonds. The van der Waals surface area contributed by atoms with Gasteiger partial charge in [-0.2, -0.15) is 13.2 Å². The number of halogens is 3. The molecule has 1 rings (SSSR count). The van der Waals surface area contributed by atoms with Crippen LogP contribution in [0.4, 0.5) is 18.9 Å². The Morgan fingerprint density at radius 2 is 2.11 bits per heavy atom. The van der Waals surface area contributed by atoms with Gasteiger partial charge >= 0.3 is 6.18 Å². The number of hydrogen-bond donors (Lipinski definition) is 1. The van der Waals surface area contributed by atoms with Crippen molar-refractivity contribution in [3.8, 4) is 5.75 Å². The van der Waals surface area contributed by atoms with Crippen LogP contribution in [-0.2, 0) is 11.0 Å². The Labute approximate surface area is 102 Å². The smallest absolute Gasteiger partial charge is 0.420 e. The molecule has 1 aromatic carbocycles. The molecule has 0 aromatic heterocycles. The van der Waals surface area contributed by atoms with Gasteiger partial charge in [0, 0.05) is 5.69 Å². The summed E-state index contributed by atoms with van der Waals surface area (Å²) in [7, 11) is 0. The summed E-state index contributed by atoms with van der Waals surface area (Å²) >= 11 is 0. The zero-order chi connectivity index (χ0) is 13.8. The molecule has 98 valence electrons. The van der Waals surface area contributed by atoms with Crippen molar-refractivity contribution in [2.45, 2.75) is 13.1 Å². The number of carbonyl (C=O) groups is 1. The highest BCUT2D eigenvalue weighted by atomic mass is 19.4. The Kier molecular flexibility index (Phi) is 4.36. The lowest BCUT2D eigenvalue weighted by molar-refractivity contribution is -0.139. The van der Waals surface area contributed by atoms with Gasteiger partial charge in [0.2, 0.25) is 0 Å². The first-order valence-electron chi connectivity index (χ1n) is 5.09. The highest BCUT2D eigenvalue weighted by molar-refractivity contribution is 5.90. The van der Waals surface area contributed by atoms with Crippen molar-refractivity contribution >= 4 is 11.5 Å². The topological polar surface area (TPSA) is 52.3 Å². The fraction of sp³-hybridized carbons (Fsp3) is 0.250. The Balaban J connectivity index is 2.92. The van der Waals surface area contributed by atoms with Crippen molar-refractivity contribution in [3.05, 3.63) is 35.9 Å². The van der Waals surface area contributed by atoms with Crippen LogP contribution in [0.5, 0.6) is 5.75 Å². The molecule has 0 heterocycles. The number of ketones is 1. The van der Waals surface area contributed by atoms with Crippen LogP contribution in [-0.4, -0.2) is 12.4 Å². The number of benzene rings is 1. The maximum atomic E-state index is 12.7. The van der Waals surface area contributed by atoms with Crippen LogP contribution in [0.1, 0.15) is 12.5 Å². The second-order valence-corrected chi connectivity index (χ2v) is 3.51. The van der Waals surface area contributed by atoms with Crippen LogP contribution in [0.3, 0.4) is 0 Å². The van der Waals surface area contributed by atoms with E-state index in [4.69, 9.17) is 10.5 Å². The average molecular weight is 259 g/mol. The summed E-state index contributed by atoms with van der Waals surface area (Å²) in [6.07, 6.45) is -1.86. The van der Waals surface area contributed by atoms with Gasteiger partial charge in [0.05, 0.1) is 5.56 Å². The van der Waals surface area contributed by atoms with Crippen LogP contribution in [0.15, 0.2) is 30.4 Å². The quantitative estimate of drug-likeness (QED) is 0.668. The van der Waals surface area contributed by atoms with Crippen molar-refractivity contribution in [1.29, 1.82) is 0 Å². The van der Waals surface area contributed by atoms with E-state index in [1.807, 2.05) is 0 Å². The molecular weight excluding hydrogens is 247 g/mol. The predicted octanol–water partition coefficient (Wildman–Crippen LogP) is 2.81. The van der Waals surface area contributed by atoms with Gasteiger partial charge in [-0.1, -0.05) is 6.08 Å². The van der Waals surface area contributed by atoms with Crippen molar-refractivity contribution in [1.82, 2.24) is 0 Å². The highest BCUT2D eigenvalue weighted by Crippen LogP contribution is 2.37. The van der Waals surface area contributed by atoms with Crippen LogP contribution in [0.25, 0.3) is 0 Å². The third-order valence-corrected chi connectivity index (χ3v) is 2.03. The molecule has 18 heavy (non-hydrogen) atoms. The Morgan fingerprint density at radius 1 is 1.44 bits per heavy atom. The minimum atomic E-state index is -4.58. The first-order valence-corrected chi connectivity index (χ1v) is 5.09. The van der Waals surface area contributed by atoms with E-state index in [1.165, 1.54) is 18.2 Å². The van der Waals surface area contributed by atoms with Crippen LogP contribution in [0.2, 0.25) is 0 Å². The van der Waals surface area contributed by atoms with E-state index in [0.29, 0.717) is 0 Å². The monoisotopic (exact) mass is 259 g/mol. The maximum absolute atomic E-state index is 12.7. The molecule has 0 aliphatic carbocycles. The van der Waals surface area contributed by atoms with E-state index < -0.39 is 29.9 Å². The van der Waals surface area contributed by atoms with E-state index >= 15 is 0 Å². The molecule has 0 saturated heterocycles. The molecule has 0 saturated carbocycles. The van der Waals surface area contributed by atoms with Gasteiger partial charge in [0.1, 0.15) is 5.75 Å². The van der Waals surface area contributed by atoms with Crippen molar-refractivity contribution in [3.63, 3.8) is 0 Å². The SMILES string of the molecule is C/C=C/C(=O)COc1ccc(N)cc1C(F)(F)F. The molecule has 0 unspecified atom stereocenters. The molecule has 6 heteroatoms. The lowest BCUT2D eigenvalue weighted by atomic mass is 10.1. The number of alkyl halides is 3. The molecule has 1 aromatic rings. The number of hydrogen-bond acceptors (Lipinski definition) is 3. The van der Waals surface area contributed by atoms with Crippen molar-refractivity contribution in [2.75, 3.05) is 12.3 Å². The van der Waals surface area contributed by atoms with Crippen LogP contribution >= 0.6 is 0 Å². The number of nitrogen functional groups attached to an aromatic ring is 1. The summed E-state index contributed by atoms with van der Waals surface area (Å²) in [5.41, 5.74) is 4.29. The predicted molar refractivity (Wildman–Crippen MR) is 61.2 cm³/mol. The summed E-state index contributed by atoms with van der Waals surface area (Å²) < 4.78 is 42.9. The average Bonchev–Trinajstić information content (AvgIpc) is 2.26. The molecule has 0 bridgehead atoms. The van der Waals surface area contributed by atoms with Crippen LogP contribution in [0, 0.1) is 0 Å². The molecule has 0 atom stereocenters. The number of nitrogens with two attached hydrogens (primary N) is 1. The first-order chi connectivity index (χ1) is 8.34. The van der Waals surface area contributed by atoms with Gasteiger partial charge in [0.25, 0.3) is 0 Å². The number of anilines is 1. The first kappa shape index (κ1) is 14.1. The minimum Gasteiger partial charge on any atom is -0.485 e. The molecule has 0 aliphatic heterocycles. The lowest BCUT2D eigenvalue weighted by Gasteiger charge is -2.13. The standard InChI is InChI=1S/C12H12F3NO2/c1-2-3-9(17)7-18-11-5-4-8(16)6-10(11)12(13,14)15/h2-6H,7,16H2,1H3/b3-2+. The third-order valence-electron chi connectivity index (χ3n) is 2.03. The van der Waals surface area contributed by atoms with Crippen LogP contribution < -0.4 is 10.5 Å². The summed E-state index contributed by atoms with van der Waals surface area (Å²) in [4.78, 5) is 11.1. The second-order valence-electron chi connectivity index (χ2n) is 3.51. The molecule has 0 spiro atoms. The number of carbonyl (C=O) groups excluding carboxylic acids is 1. The second kappa shape index (κ2) is 5.57. The van der Waals surface area contributed by atoms with Gasteiger partial charge in [-0.3, -0.25) is 4.79 Å². The summed E-state index contributed by atoms with van der Waals surface area (Å²) in [6, 6.07) is 3.15. The number of rotatable bonds is 4. The summed E-state index contributed by atoms with van der Waals surface area (Å²) in [5.74, 6) is -0.822. The normalized spacial score (nSPS) is 11.8. The molecule has 0 radical (unpaired) electrons. The van der Waals surface area contributed by atoms with Gasteiger partial charge < -0.3 is 10.5 Å². The highest BCUT2D eigenvalue weighted by Gasteiger charge is 2.34. The van der Waals surface area contributed by atoms with E-state index in [9.17, 15) is 18.0 Å². The van der Waals surface area contributed by atoms with E-state index in [1.54, 1.807) is 6.92 Å². The molecule has 3 nitrogen and oxygen atoms in total.